The van der Waals surface area contributed by atoms with Crippen LogP contribution in [-0.2, 0) is 4.74 Å². The molecule has 0 radical (unpaired) electrons. The van der Waals surface area contributed by atoms with Crippen LogP contribution in [-0.4, -0.2) is 19.8 Å². The molecular weight excluding hydrogens is 186 g/mol. The average molecular weight is 207 g/mol. The van der Waals surface area contributed by atoms with Gasteiger partial charge in [-0.1, -0.05) is 37.3 Å². The number of nitrogens with one attached hydrogen (secondary N) is 1. The Bertz CT molecular complexity index is 248. The first-order valence-electron chi connectivity index (χ1n) is 5.74. The van der Waals surface area contributed by atoms with Crippen LogP contribution in [0.5, 0.6) is 0 Å². The van der Waals surface area contributed by atoms with Crippen LogP contribution in [0.15, 0.2) is 30.3 Å². The second kappa shape index (κ2) is 7.43. The number of benzene rings is 1. The predicted molar refractivity (Wildman–Crippen MR) is 64.0 cm³/mol. The molecule has 1 rings (SSSR count). The zero-order valence-electron chi connectivity index (χ0n) is 9.70. The fraction of sp³-hybridized carbons (Fsp3) is 0.538. The fourth-order valence-corrected chi connectivity index (χ4v) is 1.63. The molecule has 84 valence electrons. The maximum absolute atomic E-state index is 5.30. The van der Waals surface area contributed by atoms with Crippen LogP contribution in [0.2, 0.25) is 0 Å². The van der Waals surface area contributed by atoms with E-state index in [2.05, 4.69) is 42.6 Å². The molecule has 0 saturated carbocycles. The standard InChI is InChI=1S/C13H21NO/c1-3-13(14-10-11-15-4-2)12-8-6-5-7-9-12/h5-9,13-14H,3-4,10-11H2,1-2H3. The molecule has 0 bridgehead atoms. The second-order valence-corrected chi connectivity index (χ2v) is 3.52. The molecule has 0 aliphatic carbocycles. The summed E-state index contributed by atoms with van der Waals surface area (Å²) in [6, 6.07) is 11.0. The molecule has 0 aliphatic heterocycles. The predicted octanol–water partition coefficient (Wildman–Crippen LogP) is 2.76. The van der Waals surface area contributed by atoms with Crippen molar-refractivity contribution in [3.8, 4) is 0 Å². The summed E-state index contributed by atoms with van der Waals surface area (Å²) < 4.78 is 5.30. The zero-order valence-corrected chi connectivity index (χ0v) is 9.70. The van der Waals surface area contributed by atoms with Gasteiger partial charge < -0.3 is 10.1 Å². The molecule has 1 atom stereocenters. The topological polar surface area (TPSA) is 21.3 Å². The molecule has 0 heterocycles. The first-order valence-corrected chi connectivity index (χ1v) is 5.74. The maximum Gasteiger partial charge on any atom is 0.0590 e. The average Bonchev–Trinajstić information content (AvgIpc) is 2.30. The third kappa shape index (κ3) is 4.45. The highest BCUT2D eigenvalue weighted by molar-refractivity contribution is 5.18. The Morgan fingerprint density at radius 3 is 2.53 bits per heavy atom. The van der Waals surface area contributed by atoms with E-state index in [4.69, 9.17) is 4.74 Å². The van der Waals surface area contributed by atoms with Gasteiger partial charge in [0.2, 0.25) is 0 Å². The van der Waals surface area contributed by atoms with Crippen LogP contribution in [0.3, 0.4) is 0 Å². The Hall–Kier alpha value is -0.860. The Morgan fingerprint density at radius 1 is 1.20 bits per heavy atom. The van der Waals surface area contributed by atoms with Gasteiger partial charge in [0.05, 0.1) is 6.61 Å². The third-order valence-electron chi connectivity index (χ3n) is 2.45. The van der Waals surface area contributed by atoms with E-state index >= 15 is 0 Å². The molecule has 1 aromatic carbocycles. The minimum Gasteiger partial charge on any atom is -0.380 e. The van der Waals surface area contributed by atoms with Crippen LogP contribution in [0.1, 0.15) is 31.9 Å². The molecule has 0 aromatic heterocycles. The van der Waals surface area contributed by atoms with E-state index in [1.165, 1.54) is 5.56 Å². The Labute approximate surface area is 92.6 Å². The van der Waals surface area contributed by atoms with E-state index in [0.29, 0.717) is 6.04 Å². The van der Waals surface area contributed by atoms with Gasteiger partial charge in [-0.25, -0.2) is 0 Å². The lowest BCUT2D eigenvalue weighted by Gasteiger charge is -2.17. The van der Waals surface area contributed by atoms with Gasteiger partial charge in [0.15, 0.2) is 0 Å². The Kier molecular flexibility index (Phi) is 6.05. The number of hydrogen-bond acceptors (Lipinski definition) is 2. The van der Waals surface area contributed by atoms with Crippen molar-refractivity contribution in [2.24, 2.45) is 0 Å². The molecule has 1 aromatic rings. The van der Waals surface area contributed by atoms with Gasteiger partial charge in [0.1, 0.15) is 0 Å². The largest absolute Gasteiger partial charge is 0.380 e. The summed E-state index contributed by atoms with van der Waals surface area (Å²) >= 11 is 0. The van der Waals surface area contributed by atoms with Gasteiger partial charge >= 0.3 is 0 Å². The van der Waals surface area contributed by atoms with Crippen LogP contribution >= 0.6 is 0 Å². The van der Waals surface area contributed by atoms with Crippen LogP contribution in [0.25, 0.3) is 0 Å². The highest BCUT2D eigenvalue weighted by Gasteiger charge is 2.06. The van der Waals surface area contributed by atoms with Gasteiger partial charge in [-0.05, 0) is 18.9 Å². The van der Waals surface area contributed by atoms with E-state index < -0.39 is 0 Å². The van der Waals surface area contributed by atoms with Crippen LogP contribution < -0.4 is 5.32 Å². The molecule has 0 aliphatic rings. The monoisotopic (exact) mass is 207 g/mol. The van der Waals surface area contributed by atoms with E-state index in [1.54, 1.807) is 0 Å². The lowest BCUT2D eigenvalue weighted by Crippen LogP contribution is -2.24. The fourth-order valence-electron chi connectivity index (χ4n) is 1.63. The van der Waals surface area contributed by atoms with Gasteiger partial charge in [0, 0.05) is 19.2 Å². The molecule has 1 unspecified atom stereocenters. The maximum atomic E-state index is 5.30. The summed E-state index contributed by atoms with van der Waals surface area (Å²) in [4.78, 5) is 0. The molecule has 0 spiro atoms. The van der Waals surface area contributed by atoms with Crippen molar-refractivity contribution >= 4 is 0 Å². The van der Waals surface area contributed by atoms with E-state index in [1.807, 2.05) is 6.92 Å². The smallest absolute Gasteiger partial charge is 0.0590 e. The van der Waals surface area contributed by atoms with E-state index in [-0.39, 0.29) is 0 Å². The van der Waals surface area contributed by atoms with Gasteiger partial charge in [0.25, 0.3) is 0 Å². The SMILES string of the molecule is CCOCCNC(CC)c1ccccc1. The van der Waals surface area contributed by atoms with Crippen molar-refractivity contribution in [2.75, 3.05) is 19.8 Å². The van der Waals surface area contributed by atoms with Crippen LogP contribution in [0, 0.1) is 0 Å². The highest BCUT2D eigenvalue weighted by atomic mass is 16.5. The third-order valence-corrected chi connectivity index (χ3v) is 2.45. The number of ether oxygens (including phenoxy) is 1. The van der Waals surface area contributed by atoms with Crippen molar-refractivity contribution in [2.45, 2.75) is 26.3 Å². The molecule has 0 fully saturated rings. The van der Waals surface area contributed by atoms with Gasteiger partial charge in [-0.3, -0.25) is 0 Å². The molecule has 0 saturated heterocycles. The lowest BCUT2D eigenvalue weighted by molar-refractivity contribution is 0.146. The molecule has 0 amide bonds. The highest BCUT2D eigenvalue weighted by Crippen LogP contribution is 2.15. The number of rotatable bonds is 7. The van der Waals surface area contributed by atoms with Crippen molar-refractivity contribution in [1.82, 2.24) is 5.32 Å². The lowest BCUT2D eigenvalue weighted by atomic mass is 10.1. The molecule has 2 heteroatoms. The van der Waals surface area contributed by atoms with Crippen molar-refractivity contribution < 1.29 is 4.74 Å². The first kappa shape index (κ1) is 12.2. The van der Waals surface area contributed by atoms with Crippen molar-refractivity contribution in [1.29, 1.82) is 0 Å². The summed E-state index contributed by atoms with van der Waals surface area (Å²) in [5.74, 6) is 0. The minimum absolute atomic E-state index is 0.451. The summed E-state index contributed by atoms with van der Waals surface area (Å²) in [6.07, 6.45) is 1.11. The normalized spacial score (nSPS) is 12.7. The summed E-state index contributed by atoms with van der Waals surface area (Å²) in [5, 5.41) is 3.50. The molecule has 15 heavy (non-hydrogen) atoms. The van der Waals surface area contributed by atoms with Crippen LogP contribution in [0.4, 0.5) is 0 Å². The number of hydrogen-bond donors (Lipinski definition) is 1. The first-order chi connectivity index (χ1) is 7.38. The quantitative estimate of drug-likeness (QED) is 0.694. The zero-order chi connectivity index (χ0) is 10.9. The van der Waals surface area contributed by atoms with Crippen molar-refractivity contribution in [3.63, 3.8) is 0 Å². The second-order valence-electron chi connectivity index (χ2n) is 3.52. The van der Waals surface area contributed by atoms with E-state index in [9.17, 15) is 0 Å². The minimum atomic E-state index is 0.451. The summed E-state index contributed by atoms with van der Waals surface area (Å²) in [7, 11) is 0. The summed E-state index contributed by atoms with van der Waals surface area (Å²) in [5.41, 5.74) is 1.36. The van der Waals surface area contributed by atoms with E-state index in [0.717, 1.165) is 26.2 Å². The molecule has 2 nitrogen and oxygen atoms in total. The Balaban J connectivity index is 2.36. The Morgan fingerprint density at radius 2 is 1.93 bits per heavy atom. The van der Waals surface area contributed by atoms with Gasteiger partial charge in [-0.15, -0.1) is 0 Å². The molecule has 1 N–H and O–H groups in total. The van der Waals surface area contributed by atoms with Crippen molar-refractivity contribution in [3.05, 3.63) is 35.9 Å². The van der Waals surface area contributed by atoms with Gasteiger partial charge in [-0.2, -0.15) is 0 Å². The summed E-state index contributed by atoms with van der Waals surface area (Å²) in [6.45, 7) is 6.73. The molecular formula is C13H21NO.